The van der Waals surface area contributed by atoms with Crippen LogP contribution >= 0.6 is 7.92 Å². The molecule has 2 aliphatic carbocycles. The Hall–Kier alpha value is -2.52. The molecule has 0 bridgehead atoms. The highest BCUT2D eigenvalue weighted by atomic mass is 32.2. The Kier molecular flexibility index (Phi) is 10.8. The van der Waals surface area contributed by atoms with E-state index in [0.717, 1.165) is 11.3 Å². The van der Waals surface area contributed by atoms with Crippen molar-refractivity contribution in [3.8, 4) is 5.75 Å². The highest BCUT2D eigenvalue weighted by molar-refractivity contribution is 7.84. The zero-order chi connectivity index (χ0) is 31.2. The molecule has 45 heavy (non-hydrogen) atoms. The third kappa shape index (κ3) is 7.90. The number of hydrogen-bond acceptors (Lipinski definition) is 2. The lowest BCUT2D eigenvalue weighted by Gasteiger charge is -2.41. The van der Waals surface area contributed by atoms with Crippen molar-refractivity contribution in [1.82, 2.24) is 4.72 Å². The Labute approximate surface area is 274 Å². The molecule has 2 unspecified atom stereocenters. The highest BCUT2D eigenvalue weighted by Gasteiger charge is 2.37. The number of benzene rings is 4. The SMILES string of the molecule is CC(C)(C)S(=O)NC(c1ccc2ccccc2c1)c1cccc(OCc2ccccc2)c1P(C1CCCCC1)C1CCCCC1. The first-order valence-electron chi connectivity index (χ1n) is 17.1. The van der Waals surface area contributed by atoms with E-state index in [1.54, 1.807) is 0 Å². The minimum atomic E-state index is -1.26. The fourth-order valence-electron chi connectivity index (χ4n) is 7.26. The second-order valence-electron chi connectivity index (χ2n) is 14.0. The number of hydrogen-bond donors (Lipinski definition) is 1. The molecule has 2 saturated carbocycles. The Morgan fingerprint density at radius 2 is 1.38 bits per heavy atom. The van der Waals surface area contributed by atoms with E-state index in [4.69, 9.17) is 4.74 Å². The maximum Gasteiger partial charge on any atom is 0.127 e. The average molecular weight is 640 g/mol. The van der Waals surface area contributed by atoms with E-state index < -0.39 is 23.7 Å². The normalized spacial score (nSPS) is 18.2. The van der Waals surface area contributed by atoms with E-state index in [1.165, 1.54) is 91.4 Å². The van der Waals surface area contributed by atoms with Crippen LogP contribution in [0.25, 0.3) is 10.8 Å². The van der Waals surface area contributed by atoms with Crippen LogP contribution in [0.2, 0.25) is 0 Å². The minimum absolute atomic E-state index is 0.206. The Bertz CT molecular complexity index is 1550. The van der Waals surface area contributed by atoms with Crippen molar-refractivity contribution >= 4 is 35.0 Å². The molecule has 6 rings (SSSR count). The van der Waals surface area contributed by atoms with Crippen LogP contribution < -0.4 is 14.8 Å². The summed E-state index contributed by atoms with van der Waals surface area (Å²) in [4.78, 5) is 0. The predicted octanol–water partition coefficient (Wildman–Crippen LogP) is 10.3. The lowest BCUT2D eigenvalue weighted by molar-refractivity contribution is 0.308. The van der Waals surface area contributed by atoms with E-state index in [-0.39, 0.29) is 6.04 Å². The van der Waals surface area contributed by atoms with Crippen LogP contribution in [0, 0.1) is 0 Å². The molecule has 2 atom stereocenters. The molecule has 0 aromatic heterocycles. The summed E-state index contributed by atoms with van der Waals surface area (Å²) in [6.45, 7) is 6.73. The standard InChI is InChI=1S/C40H50NO2PS/c1-40(2,3)45(42)41-38(33-27-26-31-18-13-14-19-32(31)28-33)36-24-15-25-37(43-29-30-16-7-4-8-17-30)39(36)44(34-20-9-5-10-21-34)35-22-11-6-12-23-35/h4,7-8,13-19,24-28,34-35,38,41H,5-6,9-12,20-23,29H2,1-3H3. The first-order chi connectivity index (χ1) is 21.9. The summed E-state index contributed by atoms with van der Waals surface area (Å²) in [6.07, 6.45) is 13.3. The van der Waals surface area contributed by atoms with Crippen LogP contribution in [0.3, 0.4) is 0 Å². The van der Waals surface area contributed by atoms with Gasteiger partial charge in [0, 0.05) is 5.30 Å². The summed E-state index contributed by atoms with van der Waals surface area (Å²) in [5.74, 6) is 1.03. The molecule has 5 heteroatoms. The van der Waals surface area contributed by atoms with Crippen molar-refractivity contribution in [1.29, 1.82) is 0 Å². The maximum atomic E-state index is 13.9. The van der Waals surface area contributed by atoms with Crippen LogP contribution in [0.5, 0.6) is 5.75 Å². The van der Waals surface area contributed by atoms with Gasteiger partial charge in [-0.2, -0.15) is 0 Å². The van der Waals surface area contributed by atoms with Crippen molar-refractivity contribution in [2.75, 3.05) is 0 Å². The van der Waals surface area contributed by atoms with Gasteiger partial charge in [-0.3, -0.25) is 0 Å². The molecular formula is C40H50NO2PS. The molecule has 238 valence electrons. The second-order valence-corrected chi connectivity index (χ2v) is 18.7. The first kappa shape index (κ1) is 32.4. The third-order valence-corrected chi connectivity index (χ3v) is 14.8. The molecule has 1 N–H and O–H groups in total. The van der Waals surface area contributed by atoms with Crippen LogP contribution in [0.4, 0.5) is 0 Å². The van der Waals surface area contributed by atoms with Crippen LogP contribution in [0.1, 0.15) is 108 Å². The van der Waals surface area contributed by atoms with Crippen molar-refractivity contribution < 1.29 is 8.95 Å². The Morgan fingerprint density at radius 3 is 2.02 bits per heavy atom. The quantitative estimate of drug-likeness (QED) is 0.175. The fraction of sp³-hybridized carbons (Fsp3) is 0.450. The van der Waals surface area contributed by atoms with Crippen LogP contribution in [0.15, 0.2) is 91.0 Å². The van der Waals surface area contributed by atoms with Gasteiger partial charge in [0.25, 0.3) is 0 Å². The number of nitrogens with one attached hydrogen (secondary N) is 1. The molecule has 0 aliphatic heterocycles. The van der Waals surface area contributed by atoms with Gasteiger partial charge in [-0.25, -0.2) is 8.93 Å². The first-order valence-corrected chi connectivity index (χ1v) is 19.8. The molecule has 0 spiro atoms. The molecule has 2 aliphatic rings. The van der Waals surface area contributed by atoms with Gasteiger partial charge in [0.1, 0.15) is 12.4 Å². The lowest BCUT2D eigenvalue weighted by atomic mass is 9.96. The maximum absolute atomic E-state index is 13.9. The van der Waals surface area contributed by atoms with Crippen molar-refractivity contribution in [2.45, 2.75) is 114 Å². The summed E-state index contributed by atoms with van der Waals surface area (Å²) in [7, 11) is -1.75. The largest absolute Gasteiger partial charge is 0.488 e. The van der Waals surface area contributed by atoms with E-state index in [0.29, 0.717) is 17.9 Å². The van der Waals surface area contributed by atoms with Gasteiger partial charge in [-0.1, -0.05) is 125 Å². The second kappa shape index (κ2) is 14.9. The van der Waals surface area contributed by atoms with Gasteiger partial charge in [0.05, 0.1) is 21.8 Å². The van der Waals surface area contributed by atoms with Crippen LogP contribution in [-0.2, 0) is 17.6 Å². The Balaban J connectivity index is 1.53. The summed E-state index contributed by atoms with van der Waals surface area (Å²) in [5.41, 5.74) is 5.03. The van der Waals surface area contributed by atoms with E-state index in [1.807, 2.05) is 0 Å². The lowest BCUT2D eigenvalue weighted by Crippen LogP contribution is -2.38. The molecule has 0 radical (unpaired) electrons. The fourth-order valence-corrected chi connectivity index (χ4v) is 12.2. The predicted molar refractivity (Wildman–Crippen MR) is 194 cm³/mol. The zero-order valence-electron chi connectivity index (χ0n) is 27.3. The highest BCUT2D eigenvalue weighted by Crippen LogP contribution is 2.57. The van der Waals surface area contributed by atoms with Gasteiger partial charge >= 0.3 is 0 Å². The molecule has 0 heterocycles. The third-order valence-electron chi connectivity index (χ3n) is 9.66. The van der Waals surface area contributed by atoms with Gasteiger partial charge in [-0.15, -0.1) is 0 Å². The molecule has 3 nitrogen and oxygen atoms in total. The number of ether oxygens (including phenoxy) is 1. The van der Waals surface area contributed by atoms with E-state index in [2.05, 4.69) is 116 Å². The summed E-state index contributed by atoms with van der Waals surface area (Å²) >= 11 is 0. The van der Waals surface area contributed by atoms with Gasteiger partial charge in [0.15, 0.2) is 0 Å². The molecular weight excluding hydrogens is 589 g/mol. The summed E-state index contributed by atoms with van der Waals surface area (Å²) in [5, 5.41) is 3.87. The summed E-state index contributed by atoms with van der Waals surface area (Å²) in [6, 6.07) is 32.4. The molecule has 4 aromatic carbocycles. The molecule has 0 saturated heterocycles. The minimum Gasteiger partial charge on any atom is -0.488 e. The van der Waals surface area contributed by atoms with Crippen LogP contribution in [-0.4, -0.2) is 20.3 Å². The topological polar surface area (TPSA) is 38.3 Å². The van der Waals surface area contributed by atoms with Gasteiger partial charge < -0.3 is 4.74 Å². The molecule has 2 fully saturated rings. The molecule has 0 amide bonds. The van der Waals surface area contributed by atoms with Crippen molar-refractivity contribution in [3.63, 3.8) is 0 Å². The Morgan fingerprint density at radius 1 is 0.756 bits per heavy atom. The van der Waals surface area contributed by atoms with Gasteiger partial charge in [-0.05, 0) is 97.4 Å². The smallest absolute Gasteiger partial charge is 0.127 e. The van der Waals surface area contributed by atoms with E-state index in [9.17, 15) is 4.21 Å². The van der Waals surface area contributed by atoms with Gasteiger partial charge in [0.2, 0.25) is 0 Å². The van der Waals surface area contributed by atoms with Crippen molar-refractivity contribution in [3.05, 3.63) is 108 Å². The number of rotatable bonds is 10. The van der Waals surface area contributed by atoms with Crippen molar-refractivity contribution in [2.24, 2.45) is 0 Å². The number of fused-ring (bicyclic) bond motifs is 1. The zero-order valence-corrected chi connectivity index (χ0v) is 29.1. The summed E-state index contributed by atoms with van der Waals surface area (Å²) < 4.78 is 24.1. The monoisotopic (exact) mass is 639 g/mol. The average Bonchev–Trinajstić information content (AvgIpc) is 3.07. The molecule has 4 aromatic rings. The van der Waals surface area contributed by atoms with E-state index >= 15 is 0 Å².